The second-order valence-electron chi connectivity index (χ2n) is 5.73. The zero-order valence-electron chi connectivity index (χ0n) is 14.9. The molecule has 0 radical (unpaired) electrons. The van der Waals surface area contributed by atoms with Crippen LogP contribution in [-0.4, -0.2) is 29.5 Å². The van der Waals surface area contributed by atoms with Crippen LogP contribution in [0.4, 0.5) is 5.69 Å². The summed E-state index contributed by atoms with van der Waals surface area (Å²) in [5.41, 5.74) is -0.0580. The molecule has 0 aliphatic heterocycles. The summed E-state index contributed by atoms with van der Waals surface area (Å²) in [6, 6.07) is 7.13. The molecule has 0 N–H and O–H groups in total. The highest BCUT2D eigenvalue weighted by Crippen LogP contribution is 2.27. The quantitative estimate of drug-likeness (QED) is 0.222. The van der Waals surface area contributed by atoms with E-state index in [1.54, 1.807) is 18.2 Å². The van der Waals surface area contributed by atoms with Gasteiger partial charge in [-0.3, -0.25) is 19.4 Å². The Bertz CT molecular complexity index is 989. The molecule has 0 fully saturated rings. The lowest BCUT2D eigenvalue weighted by atomic mass is 10.3. The summed E-state index contributed by atoms with van der Waals surface area (Å²) >= 11 is 7.35. The summed E-state index contributed by atoms with van der Waals surface area (Å²) in [5.74, 6) is 1.62. The van der Waals surface area contributed by atoms with Gasteiger partial charge in [-0.05, 0) is 25.1 Å². The first kappa shape index (κ1) is 19.9. The van der Waals surface area contributed by atoms with Gasteiger partial charge in [0.15, 0.2) is 17.1 Å². The smallest absolute Gasteiger partial charge is 0.307 e. The lowest BCUT2D eigenvalue weighted by Gasteiger charge is -2.15. The van der Waals surface area contributed by atoms with Crippen LogP contribution in [0.15, 0.2) is 54.5 Å². The third-order valence-electron chi connectivity index (χ3n) is 3.69. The van der Waals surface area contributed by atoms with Crippen LogP contribution in [-0.2, 0) is 12.4 Å². The van der Waals surface area contributed by atoms with Gasteiger partial charge in [-0.15, -0.1) is 16.8 Å². The van der Waals surface area contributed by atoms with Gasteiger partial charge < -0.3 is 4.74 Å². The van der Waals surface area contributed by atoms with E-state index in [0.717, 1.165) is 0 Å². The van der Waals surface area contributed by atoms with Crippen LogP contribution in [0.3, 0.4) is 0 Å². The first-order valence-electron chi connectivity index (χ1n) is 8.23. The number of rotatable bonds is 9. The maximum absolute atomic E-state index is 10.8. The second kappa shape index (κ2) is 8.89. The van der Waals surface area contributed by atoms with Crippen molar-refractivity contribution in [3.05, 3.63) is 70.3 Å². The van der Waals surface area contributed by atoms with Crippen LogP contribution in [0.2, 0.25) is 5.02 Å². The topological polar surface area (TPSA) is 101 Å². The Morgan fingerprint density at radius 1 is 1.46 bits per heavy atom. The number of aromatic nitrogens is 5. The molecule has 0 bridgehead atoms. The van der Waals surface area contributed by atoms with Gasteiger partial charge in [-0.2, -0.15) is 5.10 Å². The highest BCUT2D eigenvalue weighted by Gasteiger charge is 2.19. The van der Waals surface area contributed by atoms with Gasteiger partial charge in [0, 0.05) is 11.6 Å². The molecule has 0 aliphatic carbocycles. The summed E-state index contributed by atoms with van der Waals surface area (Å²) in [6.45, 7) is 6.14. The number of nitro groups is 1. The van der Waals surface area contributed by atoms with Crippen molar-refractivity contribution in [2.45, 2.75) is 30.6 Å². The Morgan fingerprint density at radius 2 is 2.29 bits per heavy atom. The highest BCUT2D eigenvalue weighted by molar-refractivity contribution is 7.98. The third-order valence-corrected chi connectivity index (χ3v) is 4.88. The summed E-state index contributed by atoms with van der Waals surface area (Å²) < 4.78 is 9.28. The predicted octanol–water partition coefficient (Wildman–Crippen LogP) is 4.11. The minimum absolute atomic E-state index is 0.0580. The van der Waals surface area contributed by atoms with Crippen molar-refractivity contribution in [1.29, 1.82) is 0 Å². The molecule has 2 heterocycles. The van der Waals surface area contributed by atoms with Crippen LogP contribution in [0.25, 0.3) is 0 Å². The van der Waals surface area contributed by atoms with Crippen molar-refractivity contribution >= 4 is 29.1 Å². The first-order chi connectivity index (χ1) is 13.5. The van der Waals surface area contributed by atoms with Gasteiger partial charge in [-0.1, -0.05) is 35.5 Å². The number of nitrogens with zero attached hydrogens (tertiary/aromatic N) is 6. The minimum Gasteiger partial charge on any atom is -0.483 e. The summed E-state index contributed by atoms with van der Waals surface area (Å²) in [5, 5.41) is 24.4. The Labute approximate surface area is 170 Å². The molecule has 3 rings (SSSR count). The SMILES string of the molecule is C=CCn1c(SCn2cc([N+](=O)[O-])cn2)nnc1C(C)Oc1cccc(Cl)c1. The van der Waals surface area contributed by atoms with Crippen molar-refractivity contribution in [3.8, 4) is 5.75 Å². The van der Waals surface area contributed by atoms with Crippen LogP contribution in [0.5, 0.6) is 5.75 Å². The fourth-order valence-corrected chi connectivity index (χ4v) is 3.44. The van der Waals surface area contributed by atoms with Crippen molar-refractivity contribution in [3.63, 3.8) is 0 Å². The zero-order valence-corrected chi connectivity index (χ0v) is 16.5. The third kappa shape index (κ3) is 4.70. The van der Waals surface area contributed by atoms with E-state index in [9.17, 15) is 10.1 Å². The van der Waals surface area contributed by atoms with Crippen molar-refractivity contribution in [2.75, 3.05) is 0 Å². The molecule has 0 saturated heterocycles. The fraction of sp³-hybridized carbons (Fsp3) is 0.235. The molecule has 9 nitrogen and oxygen atoms in total. The zero-order chi connectivity index (χ0) is 20.1. The van der Waals surface area contributed by atoms with E-state index < -0.39 is 4.92 Å². The van der Waals surface area contributed by atoms with E-state index in [4.69, 9.17) is 16.3 Å². The van der Waals surface area contributed by atoms with Gasteiger partial charge >= 0.3 is 5.69 Å². The Balaban J connectivity index is 1.74. The first-order valence-corrected chi connectivity index (χ1v) is 9.60. The van der Waals surface area contributed by atoms with Gasteiger partial charge in [0.2, 0.25) is 0 Å². The lowest BCUT2D eigenvalue weighted by Crippen LogP contribution is -2.12. The van der Waals surface area contributed by atoms with Crippen molar-refractivity contribution in [2.24, 2.45) is 0 Å². The van der Waals surface area contributed by atoms with Crippen LogP contribution in [0.1, 0.15) is 18.9 Å². The molecule has 1 aromatic carbocycles. The average molecular weight is 421 g/mol. The summed E-state index contributed by atoms with van der Waals surface area (Å²) in [6.07, 6.45) is 3.95. The van der Waals surface area contributed by atoms with E-state index in [2.05, 4.69) is 21.9 Å². The maximum Gasteiger partial charge on any atom is 0.307 e. The molecule has 0 aliphatic rings. The normalized spacial score (nSPS) is 11.9. The Kier molecular flexibility index (Phi) is 6.32. The average Bonchev–Trinajstić information content (AvgIpc) is 3.27. The Morgan fingerprint density at radius 3 is 2.96 bits per heavy atom. The van der Waals surface area contributed by atoms with Crippen LogP contribution in [0, 0.1) is 10.1 Å². The van der Waals surface area contributed by atoms with Crippen LogP contribution >= 0.6 is 23.4 Å². The monoisotopic (exact) mass is 420 g/mol. The molecule has 0 amide bonds. The number of hydrogen-bond acceptors (Lipinski definition) is 7. The van der Waals surface area contributed by atoms with E-state index in [1.807, 2.05) is 23.6 Å². The molecule has 28 heavy (non-hydrogen) atoms. The lowest BCUT2D eigenvalue weighted by molar-refractivity contribution is -0.385. The Hall–Kier alpha value is -2.85. The number of hydrogen-bond donors (Lipinski definition) is 0. The molecule has 2 aromatic heterocycles. The van der Waals surface area contributed by atoms with E-state index >= 15 is 0 Å². The maximum atomic E-state index is 10.8. The van der Waals surface area contributed by atoms with Gasteiger partial charge in [-0.25, -0.2) is 0 Å². The number of benzene rings is 1. The number of ether oxygens (including phenoxy) is 1. The molecule has 0 spiro atoms. The number of allylic oxidation sites excluding steroid dienone is 1. The molecular formula is C17H17ClN6O3S. The highest BCUT2D eigenvalue weighted by atomic mass is 35.5. The van der Waals surface area contributed by atoms with E-state index in [1.165, 1.54) is 28.8 Å². The number of thioether (sulfide) groups is 1. The molecule has 0 saturated carbocycles. The second-order valence-corrected chi connectivity index (χ2v) is 7.07. The predicted molar refractivity (Wildman–Crippen MR) is 105 cm³/mol. The standard InChI is InChI=1S/C17H17ClN6O3S/c1-3-7-23-16(12(2)27-15-6-4-5-13(18)8-15)20-21-17(23)28-11-22-10-14(9-19-22)24(25)26/h3-6,8-10,12H,1,7,11H2,2H3. The molecule has 3 aromatic rings. The molecule has 11 heteroatoms. The largest absolute Gasteiger partial charge is 0.483 e. The minimum atomic E-state index is -0.485. The molecule has 1 unspecified atom stereocenters. The summed E-state index contributed by atoms with van der Waals surface area (Å²) in [4.78, 5) is 10.3. The van der Waals surface area contributed by atoms with Gasteiger partial charge in [0.1, 0.15) is 18.1 Å². The van der Waals surface area contributed by atoms with Gasteiger partial charge in [0.05, 0.1) is 10.8 Å². The van der Waals surface area contributed by atoms with Crippen LogP contribution < -0.4 is 4.74 Å². The molecule has 146 valence electrons. The van der Waals surface area contributed by atoms with E-state index in [0.29, 0.717) is 34.2 Å². The fourth-order valence-electron chi connectivity index (χ4n) is 2.45. The molecule has 1 atom stereocenters. The number of halogens is 1. The van der Waals surface area contributed by atoms with Crippen molar-refractivity contribution in [1.82, 2.24) is 24.5 Å². The van der Waals surface area contributed by atoms with Crippen molar-refractivity contribution < 1.29 is 9.66 Å². The van der Waals surface area contributed by atoms with Gasteiger partial charge in [0.25, 0.3) is 0 Å². The summed E-state index contributed by atoms with van der Waals surface area (Å²) in [7, 11) is 0. The molecular weight excluding hydrogens is 404 g/mol. The van der Waals surface area contributed by atoms with E-state index in [-0.39, 0.29) is 11.8 Å².